The third-order valence-corrected chi connectivity index (χ3v) is 5.38. The SMILES string of the molecule is CC(C)(C)S(=O)(=O)Nc1ccc(Br)s1. The number of nitrogens with one attached hydrogen (secondary N) is 1. The molecule has 1 rings (SSSR count). The third kappa shape index (κ3) is 2.71. The lowest BCUT2D eigenvalue weighted by Crippen LogP contribution is -2.33. The number of hydrogen-bond acceptors (Lipinski definition) is 3. The molecular formula is C8H12BrNO2S2. The van der Waals surface area contributed by atoms with E-state index in [0.29, 0.717) is 5.00 Å². The van der Waals surface area contributed by atoms with Crippen molar-refractivity contribution in [3.05, 3.63) is 15.9 Å². The fourth-order valence-corrected chi connectivity index (χ4v) is 2.93. The van der Waals surface area contributed by atoms with Crippen LogP contribution in [0.2, 0.25) is 0 Å². The van der Waals surface area contributed by atoms with Crippen molar-refractivity contribution in [2.75, 3.05) is 4.72 Å². The quantitative estimate of drug-likeness (QED) is 0.912. The smallest absolute Gasteiger partial charge is 0.238 e. The van der Waals surface area contributed by atoms with Crippen LogP contribution in [0.1, 0.15) is 20.8 Å². The third-order valence-electron chi connectivity index (χ3n) is 1.61. The van der Waals surface area contributed by atoms with E-state index in [-0.39, 0.29) is 0 Å². The minimum absolute atomic E-state index is 0.631. The molecular weight excluding hydrogens is 286 g/mol. The molecule has 0 unspecified atom stereocenters. The standard InChI is InChI=1S/C8H12BrNO2S2/c1-8(2,3)14(11,12)10-7-5-4-6(9)13-7/h4-5,10H,1-3H3. The Bertz CT molecular complexity index is 417. The number of halogens is 1. The predicted molar refractivity (Wildman–Crippen MR) is 64.3 cm³/mol. The summed E-state index contributed by atoms with van der Waals surface area (Å²) in [6.45, 7) is 4.99. The van der Waals surface area contributed by atoms with Crippen LogP contribution < -0.4 is 4.72 Å². The minimum atomic E-state index is -3.30. The van der Waals surface area contributed by atoms with E-state index in [1.807, 2.05) is 6.07 Å². The molecule has 80 valence electrons. The van der Waals surface area contributed by atoms with Crippen molar-refractivity contribution < 1.29 is 8.42 Å². The first kappa shape index (κ1) is 12.0. The average molecular weight is 298 g/mol. The molecule has 0 aliphatic heterocycles. The van der Waals surface area contributed by atoms with Crippen LogP contribution in [-0.4, -0.2) is 13.2 Å². The molecule has 14 heavy (non-hydrogen) atoms. The van der Waals surface area contributed by atoms with Crippen molar-refractivity contribution in [3.63, 3.8) is 0 Å². The van der Waals surface area contributed by atoms with Crippen LogP contribution in [0.3, 0.4) is 0 Å². The largest absolute Gasteiger partial charge is 0.274 e. The molecule has 0 saturated carbocycles. The van der Waals surface area contributed by atoms with Gasteiger partial charge in [-0.1, -0.05) is 0 Å². The molecule has 0 aliphatic rings. The van der Waals surface area contributed by atoms with Gasteiger partial charge >= 0.3 is 0 Å². The zero-order valence-corrected chi connectivity index (χ0v) is 11.4. The van der Waals surface area contributed by atoms with Crippen LogP contribution in [-0.2, 0) is 10.0 Å². The predicted octanol–water partition coefficient (Wildman–Crippen LogP) is 3.05. The van der Waals surface area contributed by atoms with Crippen molar-refractivity contribution in [2.24, 2.45) is 0 Å². The summed E-state index contributed by atoms with van der Waals surface area (Å²) >= 11 is 4.63. The molecule has 1 N–H and O–H groups in total. The highest BCUT2D eigenvalue weighted by atomic mass is 79.9. The lowest BCUT2D eigenvalue weighted by molar-refractivity contribution is 0.566. The Morgan fingerprint density at radius 3 is 2.29 bits per heavy atom. The van der Waals surface area contributed by atoms with Crippen LogP contribution in [0.4, 0.5) is 5.00 Å². The molecule has 1 heterocycles. The summed E-state index contributed by atoms with van der Waals surface area (Å²) in [5.41, 5.74) is 0. The maximum atomic E-state index is 11.7. The highest BCUT2D eigenvalue weighted by molar-refractivity contribution is 9.11. The molecule has 6 heteroatoms. The van der Waals surface area contributed by atoms with Gasteiger partial charge in [0.05, 0.1) is 8.53 Å². The van der Waals surface area contributed by atoms with Crippen LogP contribution in [0.5, 0.6) is 0 Å². The molecule has 0 amide bonds. The molecule has 0 saturated heterocycles. The average Bonchev–Trinajstić information content (AvgIpc) is 2.31. The molecule has 0 bridgehead atoms. The monoisotopic (exact) mass is 297 g/mol. The second kappa shape index (κ2) is 3.83. The lowest BCUT2D eigenvalue weighted by atomic mass is 10.3. The summed E-state index contributed by atoms with van der Waals surface area (Å²) < 4.78 is 26.1. The molecule has 0 spiro atoms. The zero-order valence-electron chi connectivity index (χ0n) is 8.17. The number of rotatable bonds is 2. The van der Waals surface area contributed by atoms with E-state index in [1.54, 1.807) is 26.8 Å². The van der Waals surface area contributed by atoms with Gasteiger partial charge in [0.1, 0.15) is 5.00 Å². The molecule has 0 aliphatic carbocycles. The summed E-state index contributed by atoms with van der Waals surface area (Å²) in [6.07, 6.45) is 0. The number of anilines is 1. The van der Waals surface area contributed by atoms with Gasteiger partial charge in [0.15, 0.2) is 0 Å². The Labute approximate surface area is 96.7 Å². The highest BCUT2D eigenvalue weighted by Crippen LogP contribution is 2.29. The summed E-state index contributed by atoms with van der Waals surface area (Å²) in [5, 5.41) is 0.631. The van der Waals surface area contributed by atoms with Gasteiger partial charge in [-0.2, -0.15) is 0 Å². The van der Waals surface area contributed by atoms with E-state index in [2.05, 4.69) is 20.7 Å². The van der Waals surface area contributed by atoms with Crippen LogP contribution in [0, 0.1) is 0 Å². The van der Waals surface area contributed by atoms with Crippen LogP contribution >= 0.6 is 27.3 Å². The second-order valence-electron chi connectivity index (χ2n) is 3.82. The highest BCUT2D eigenvalue weighted by Gasteiger charge is 2.29. The topological polar surface area (TPSA) is 46.2 Å². The van der Waals surface area contributed by atoms with Crippen molar-refractivity contribution in [3.8, 4) is 0 Å². The van der Waals surface area contributed by atoms with Gasteiger partial charge in [-0.25, -0.2) is 8.42 Å². The first-order valence-corrected chi connectivity index (χ1v) is 7.09. The summed E-state index contributed by atoms with van der Waals surface area (Å²) in [5.74, 6) is 0. The van der Waals surface area contributed by atoms with Gasteiger partial charge in [-0.05, 0) is 48.8 Å². The van der Waals surface area contributed by atoms with E-state index in [4.69, 9.17) is 0 Å². The summed E-state index contributed by atoms with van der Waals surface area (Å²) in [6, 6.07) is 3.54. The van der Waals surface area contributed by atoms with Crippen molar-refractivity contribution in [2.45, 2.75) is 25.5 Å². The number of hydrogen-bond donors (Lipinski definition) is 1. The van der Waals surface area contributed by atoms with Gasteiger partial charge in [0.25, 0.3) is 0 Å². The van der Waals surface area contributed by atoms with Gasteiger partial charge in [0.2, 0.25) is 10.0 Å². The normalized spacial score (nSPS) is 12.9. The van der Waals surface area contributed by atoms with E-state index in [1.165, 1.54) is 11.3 Å². The first-order valence-electron chi connectivity index (χ1n) is 4.00. The van der Waals surface area contributed by atoms with Gasteiger partial charge < -0.3 is 0 Å². The second-order valence-corrected chi connectivity index (χ2v) is 8.72. The molecule has 0 aromatic carbocycles. The van der Waals surface area contributed by atoms with E-state index in [9.17, 15) is 8.42 Å². The van der Waals surface area contributed by atoms with Gasteiger partial charge in [-0.15, -0.1) is 11.3 Å². The zero-order chi connectivity index (χ0) is 11.0. The molecule has 1 aromatic rings. The summed E-state index contributed by atoms with van der Waals surface area (Å²) in [4.78, 5) is 0. The van der Waals surface area contributed by atoms with E-state index < -0.39 is 14.8 Å². The Kier molecular flexibility index (Phi) is 3.28. The number of thiophene rings is 1. The Balaban J connectivity index is 2.90. The minimum Gasteiger partial charge on any atom is -0.274 e. The van der Waals surface area contributed by atoms with Crippen LogP contribution in [0.15, 0.2) is 15.9 Å². The Hall–Kier alpha value is -0.0700. The Morgan fingerprint density at radius 2 is 1.93 bits per heavy atom. The number of sulfonamides is 1. The Morgan fingerprint density at radius 1 is 1.36 bits per heavy atom. The molecule has 0 atom stereocenters. The first-order chi connectivity index (χ1) is 6.22. The fourth-order valence-electron chi connectivity index (χ4n) is 0.655. The maximum absolute atomic E-state index is 11.7. The maximum Gasteiger partial charge on any atom is 0.238 e. The van der Waals surface area contributed by atoms with E-state index >= 15 is 0 Å². The van der Waals surface area contributed by atoms with Crippen molar-refractivity contribution in [1.82, 2.24) is 0 Å². The molecule has 0 radical (unpaired) electrons. The van der Waals surface area contributed by atoms with Crippen LogP contribution in [0.25, 0.3) is 0 Å². The van der Waals surface area contributed by atoms with Crippen molar-refractivity contribution in [1.29, 1.82) is 0 Å². The van der Waals surface area contributed by atoms with Crippen molar-refractivity contribution >= 4 is 42.3 Å². The van der Waals surface area contributed by atoms with E-state index in [0.717, 1.165) is 3.79 Å². The van der Waals surface area contributed by atoms with Gasteiger partial charge in [-0.3, -0.25) is 4.72 Å². The molecule has 1 aromatic heterocycles. The molecule has 3 nitrogen and oxygen atoms in total. The lowest BCUT2D eigenvalue weighted by Gasteiger charge is -2.19. The van der Waals surface area contributed by atoms with Gasteiger partial charge in [0, 0.05) is 0 Å². The molecule has 0 fully saturated rings. The fraction of sp³-hybridized carbons (Fsp3) is 0.500. The summed E-state index contributed by atoms with van der Waals surface area (Å²) in [7, 11) is -3.30.